The summed E-state index contributed by atoms with van der Waals surface area (Å²) in [5, 5.41) is 3.61. The molecule has 15 heavy (non-hydrogen) atoms. The monoisotopic (exact) mass is 268 g/mol. The molecule has 0 aliphatic carbocycles. The summed E-state index contributed by atoms with van der Waals surface area (Å²) in [5.41, 5.74) is 2.57. The molecule has 82 valence electrons. The number of likely N-dealkylation sites (N-methyl/N-ethyl adjacent to an activating group) is 1. The van der Waals surface area contributed by atoms with E-state index in [2.05, 4.69) is 58.3 Å². The van der Waals surface area contributed by atoms with Gasteiger partial charge in [0.15, 0.2) is 0 Å². The molecule has 0 saturated carbocycles. The van der Waals surface area contributed by atoms with Crippen LogP contribution in [0.4, 0.5) is 5.69 Å². The van der Waals surface area contributed by atoms with E-state index in [0.717, 1.165) is 11.0 Å². The normalized spacial score (nSPS) is 21.9. The zero-order valence-electron chi connectivity index (χ0n) is 9.26. The van der Waals surface area contributed by atoms with E-state index in [1.165, 1.54) is 24.2 Å². The van der Waals surface area contributed by atoms with Gasteiger partial charge >= 0.3 is 0 Å². The quantitative estimate of drug-likeness (QED) is 0.888. The summed E-state index contributed by atoms with van der Waals surface area (Å²) < 4.78 is 1.14. The molecular formula is C12H17BrN2. The number of likely N-dealkylation sites (tertiary alicyclic amines) is 1. The number of benzene rings is 1. The number of nitrogens with one attached hydrogen (secondary N) is 1. The summed E-state index contributed by atoms with van der Waals surface area (Å²) in [7, 11) is 2.18. The van der Waals surface area contributed by atoms with Crippen molar-refractivity contribution in [3.8, 4) is 0 Å². The number of halogens is 1. The highest BCUT2D eigenvalue weighted by molar-refractivity contribution is 9.10. The lowest BCUT2D eigenvalue weighted by Crippen LogP contribution is -2.23. The molecule has 0 amide bonds. The van der Waals surface area contributed by atoms with Crippen LogP contribution in [0.2, 0.25) is 0 Å². The Morgan fingerprint density at radius 3 is 2.93 bits per heavy atom. The molecule has 1 heterocycles. The zero-order chi connectivity index (χ0) is 10.8. The molecule has 1 aromatic rings. The fraction of sp³-hybridized carbons (Fsp3) is 0.500. The Bertz CT molecular complexity index is 351. The third-order valence-electron chi connectivity index (χ3n) is 2.95. The highest BCUT2D eigenvalue weighted by Gasteiger charge is 2.19. The van der Waals surface area contributed by atoms with Crippen LogP contribution in [0.25, 0.3) is 0 Å². The second kappa shape index (κ2) is 4.54. The first-order valence-corrected chi connectivity index (χ1v) is 6.15. The smallest absolute Gasteiger partial charge is 0.0400 e. The highest BCUT2D eigenvalue weighted by Crippen LogP contribution is 2.23. The molecule has 0 aromatic heterocycles. The van der Waals surface area contributed by atoms with Gasteiger partial charge in [-0.1, -0.05) is 22.0 Å². The number of aryl methyl sites for hydroxylation is 1. The average molecular weight is 269 g/mol. The molecule has 1 saturated heterocycles. The van der Waals surface area contributed by atoms with E-state index in [1.54, 1.807) is 0 Å². The average Bonchev–Trinajstić information content (AvgIpc) is 2.58. The first-order chi connectivity index (χ1) is 7.15. The first kappa shape index (κ1) is 11.0. The first-order valence-electron chi connectivity index (χ1n) is 5.36. The second-order valence-electron chi connectivity index (χ2n) is 4.35. The molecular weight excluding hydrogens is 252 g/mol. The summed E-state index contributed by atoms with van der Waals surface area (Å²) in [4.78, 5) is 2.37. The van der Waals surface area contributed by atoms with Crippen molar-refractivity contribution in [3.63, 3.8) is 0 Å². The molecule has 1 atom stereocenters. The van der Waals surface area contributed by atoms with Crippen molar-refractivity contribution in [3.05, 3.63) is 28.2 Å². The van der Waals surface area contributed by atoms with Crippen molar-refractivity contribution in [2.75, 3.05) is 25.5 Å². The highest BCUT2D eigenvalue weighted by atomic mass is 79.9. The van der Waals surface area contributed by atoms with Crippen molar-refractivity contribution in [1.82, 2.24) is 4.90 Å². The van der Waals surface area contributed by atoms with Crippen LogP contribution in [0.3, 0.4) is 0 Å². The summed E-state index contributed by atoms with van der Waals surface area (Å²) in [5.74, 6) is 0. The summed E-state index contributed by atoms with van der Waals surface area (Å²) in [6.45, 7) is 4.49. The van der Waals surface area contributed by atoms with Gasteiger partial charge in [0.05, 0.1) is 0 Å². The van der Waals surface area contributed by atoms with Gasteiger partial charge in [0.2, 0.25) is 0 Å². The Labute approximate surface area is 99.8 Å². The van der Waals surface area contributed by atoms with Gasteiger partial charge < -0.3 is 10.2 Å². The number of hydrogen-bond acceptors (Lipinski definition) is 2. The minimum atomic E-state index is 0.600. The van der Waals surface area contributed by atoms with E-state index in [9.17, 15) is 0 Å². The van der Waals surface area contributed by atoms with Crippen LogP contribution >= 0.6 is 15.9 Å². The molecule has 1 aliphatic rings. The van der Waals surface area contributed by atoms with E-state index >= 15 is 0 Å². The van der Waals surface area contributed by atoms with Crippen LogP contribution in [0.5, 0.6) is 0 Å². The minimum Gasteiger partial charge on any atom is -0.381 e. The lowest BCUT2D eigenvalue weighted by molar-refractivity contribution is 0.414. The molecule has 1 aliphatic heterocycles. The largest absolute Gasteiger partial charge is 0.381 e. The lowest BCUT2D eigenvalue weighted by Gasteiger charge is -2.16. The number of nitrogens with zero attached hydrogens (tertiary/aromatic N) is 1. The van der Waals surface area contributed by atoms with Gasteiger partial charge in [0.25, 0.3) is 0 Å². The molecule has 1 N–H and O–H groups in total. The Balaban J connectivity index is 2.07. The standard InChI is InChI=1S/C12H17BrN2/c1-9-3-4-10(13)7-12(9)14-11-5-6-15(2)8-11/h3-4,7,11,14H,5-6,8H2,1-2H3. The second-order valence-corrected chi connectivity index (χ2v) is 5.27. The summed E-state index contributed by atoms with van der Waals surface area (Å²) in [6.07, 6.45) is 1.24. The van der Waals surface area contributed by atoms with Crippen LogP contribution in [0.1, 0.15) is 12.0 Å². The van der Waals surface area contributed by atoms with Gasteiger partial charge in [0, 0.05) is 22.7 Å². The van der Waals surface area contributed by atoms with Gasteiger partial charge in [-0.2, -0.15) is 0 Å². The van der Waals surface area contributed by atoms with E-state index < -0.39 is 0 Å². The maximum atomic E-state index is 3.61. The number of rotatable bonds is 2. The molecule has 3 heteroatoms. The van der Waals surface area contributed by atoms with Crippen molar-refractivity contribution in [1.29, 1.82) is 0 Å². The van der Waals surface area contributed by atoms with E-state index in [1.807, 2.05) is 0 Å². The van der Waals surface area contributed by atoms with Crippen LogP contribution in [-0.4, -0.2) is 31.1 Å². The number of anilines is 1. The number of hydrogen-bond donors (Lipinski definition) is 1. The molecule has 1 fully saturated rings. The lowest BCUT2D eigenvalue weighted by atomic mass is 10.1. The molecule has 0 spiro atoms. The van der Waals surface area contributed by atoms with Crippen LogP contribution in [0, 0.1) is 6.92 Å². The van der Waals surface area contributed by atoms with Crippen molar-refractivity contribution in [2.45, 2.75) is 19.4 Å². The van der Waals surface area contributed by atoms with Crippen LogP contribution in [-0.2, 0) is 0 Å². The van der Waals surface area contributed by atoms with Gasteiger partial charge in [-0.05, 0) is 44.6 Å². The predicted octanol–water partition coefficient (Wildman–Crippen LogP) is 2.87. The van der Waals surface area contributed by atoms with Crippen LogP contribution < -0.4 is 5.32 Å². The van der Waals surface area contributed by atoms with Crippen LogP contribution in [0.15, 0.2) is 22.7 Å². The molecule has 2 nitrogen and oxygen atoms in total. The van der Waals surface area contributed by atoms with Gasteiger partial charge in [0.1, 0.15) is 0 Å². The minimum absolute atomic E-state index is 0.600. The SMILES string of the molecule is Cc1ccc(Br)cc1NC1CCN(C)C1. The molecule has 1 unspecified atom stereocenters. The molecule has 2 rings (SSSR count). The topological polar surface area (TPSA) is 15.3 Å². The van der Waals surface area contributed by atoms with E-state index in [0.29, 0.717) is 6.04 Å². The van der Waals surface area contributed by atoms with E-state index in [-0.39, 0.29) is 0 Å². The fourth-order valence-electron chi connectivity index (χ4n) is 2.02. The third-order valence-corrected chi connectivity index (χ3v) is 3.44. The summed E-state index contributed by atoms with van der Waals surface area (Å²) in [6, 6.07) is 6.99. The third kappa shape index (κ3) is 2.73. The van der Waals surface area contributed by atoms with Crippen molar-refractivity contribution >= 4 is 21.6 Å². The Morgan fingerprint density at radius 2 is 2.27 bits per heavy atom. The van der Waals surface area contributed by atoms with Crippen molar-refractivity contribution in [2.24, 2.45) is 0 Å². The molecule has 0 bridgehead atoms. The molecule has 0 radical (unpaired) electrons. The maximum Gasteiger partial charge on any atom is 0.0400 e. The van der Waals surface area contributed by atoms with Gasteiger partial charge in [-0.25, -0.2) is 0 Å². The van der Waals surface area contributed by atoms with Gasteiger partial charge in [-0.15, -0.1) is 0 Å². The Morgan fingerprint density at radius 1 is 1.47 bits per heavy atom. The Kier molecular flexibility index (Phi) is 3.32. The Hall–Kier alpha value is -0.540. The zero-order valence-corrected chi connectivity index (χ0v) is 10.8. The van der Waals surface area contributed by atoms with Gasteiger partial charge in [-0.3, -0.25) is 0 Å². The van der Waals surface area contributed by atoms with E-state index in [4.69, 9.17) is 0 Å². The maximum absolute atomic E-state index is 3.61. The predicted molar refractivity (Wildman–Crippen MR) is 68.4 cm³/mol. The fourth-order valence-corrected chi connectivity index (χ4v) is 2.38. The summed E-state index contributed by atoms with van der Waals surface area (Å²) >= 11 is 3.51. The molecule has 1 aromatic carbocycles. The van der Waals surface area contributed by atoms with Crippen molar-refractivity contribution < 1.29 is 0 Å².